The second-order valence-electron chi connectivity index (χ2n) is 9.69. The maximum Gasteiger partial charge on any atom is 0.308 e. The molecule has 14 heteroatoms. The van der Waals surface area contributed by atoms with Crippen molar-refractivity contribution in [3.8, 4) is 0 Å². The number of fused-ring (bicyclic) bond motifs is 2. The van der Waals surface area contributed by atoms with Gasteiger partial charge >= 0.3 is 4.87 Å². The van der Waals surface area contributed by atoms with Crippen molar-refractivity contribution in [2.45, 2.75) is 27.6 Å². The van der Waals surface area contributed by atoms with E-state index in [1.807, 2.05) is 24.3 Å². The summed E-state index contributed by atoms with van der Waals surface area (Å²) < 4.78 is 25.2. The number of sulfonamides is 1. The van der Waals surface area contributed by atoms with Crippen LogP contribution in [0.5, 0.6) is 0 Å². The van der Waals surface area contributed by atoms with Gasteiger partial charge in [0.05, 0.1) is 21.5 Å². The molecule has 3 amide bonds. The second kappa shape index (κ2) is 10.9. The van der Waals surface area contributed by atoms with E-state index in [0.717, 1.165) is 33.1 Å². The molecule has 3 heterocycles. The van der Waals surface area contributed by atoms with E-state index in [-0.39, 0.29) is 23.3 Å². The summed E-state index contributed by atoms with van der Waals surface area (Å²) in [5.74, 6) is -2.57. The number of benzene rings is 3. The summed E-state index contributed by atoms with van der Waals surface area (Å²) in [7, 11) is -3.89. The fraction of sp³-hybridized carbons (Fsp3) is 0.143. The van der Waals surface area contributed by atoms with Crippen molar-refractivity contribution in [3.63, 3.8) is 0 Å². The van der Waals surface area contributed by atoms with Crippen LogP contribution in [0.1, 0.15) is 16.4 Å². The monoisotopic (exact) mass is 684 g/mol. The summed E-state index contributed by atoms with van der Waals surface area (Å²) in [5, 5.41) is 7.45. The molecule has 6 rings (SSSR count). The largest absolute Gasteiger partial charge is 0.325 e. The van der Waals surface area contributed by atoms with E-state index in [9.17, 15) is 27.6 Å². The summed E-state index contributed by atoms with van der Waals surface area (Å²) in [6.07, 6.45) is 0. The molecule has 42 heavy (non-hydrogen) atoms. The lowest BCUT2D eigenvalue weighted by atomic mass is 9.83. The number of rotatable bonds is 6. The molecule has 0 spiro atoms. The smallest absolute Gasteiger partial charge is 0.308 e. The van der Waals surface area contributed by atoms with E-state index in [1.165, 1.54) is 33.7 Å². The first kappa shape index (κ1) is 28.6. The Balaban J connectivity index is 1.37. The number of hydrogen-bond acceptors (Lipinski definition) is 8. The number of thiazole rings is 1. The van der Waals surface area contributed by atoms with Crippen LogP contribution in [0.25, 0.3) is 0 Å². The Bertz CT molecular complexity index is 1910. The van der Waals surface area contributed by atoms with E-state index in [4.69, 9.17) is 5.14 Å². The Kier molecular flexibility index (Phi) is 7.43. The maximum absolute atomic E-state index is 13.9. The molecule has 2 aliphatic rings. The van der Waals surface area contributed by atoms with Crippen LogP contribution >= 0.6 is 39.0 Å². The van der Waals surface area contributed by atoms with Gasteiger partial charge in [0.15, 0.2) is 0 Å². The number of halogens is 1. The van der Waals surface area contributed by atoms with Gasteiger partial charge in [-0.25, -0.2) is 18.5 Å². The van der Waals surface area contributed by atoms with Gasteiger partial charge in [-0.2, -0.15) is 0 Å². The average molecular weight is 686 g/mol. The quantitative estimate of drug-likeness (QED) is 0.294. The molecule has 1 fully saturated rings. The number of hydrogen-bond donors (Lipinski definition) is 2. The molecule has 0 radical (unpaired) electrons. The van der Waals surface area contributed by atoms with Gasteiger partial charge in [0.1, 0.15) is 11.8 Å². The molecule has 2 aliphatic heterocycles. The molecule has 0 aliphatic carbocycles. The molecule has 0 unspecified atom stereocenters. The van der Waals surface area contributed by atoms with Gasteiger partial charge < -0.3 is 5.32 Å². The number of thioether (sulfide) groups is 1. The number of carbonyl (C=O) groups excluding carboxylic acids is 3. The maximum atomic E-state index is 13.9. The molecule has 3 atom stereocenters. The fourth-order valence-electron chi connectivity index (χ4n) is 5.22. The Morgan fingerprint density at radius 3 is 2.33 bits per heavy atom. The van der Waals surface area contributed by atoms with Crippen molar-refractivity contribution in [1.29, 1.82) is 0 Å². The Hall–Kier alpha value is -3.56. The van der Waals surface area contributed by atoms with Crippen molar-refractivity contribution in [1.82, 2.24) is 4.57 Å². The van der Waals surface area contributed by atoms with Crippen LogP contribution < -0.4 is 20.2 Å². The molecular formula is C28H21BrN4O6S3. The van der Waals surface area contributed by atoms with Gasteiger partial charge in [-0.15, -0.1) is 0 Å². The number of anilines is 2. The standard InChI is InChI=1S/C28H21BrN4O6S3/c29-16-6-4-5-15(13-16)21-22-23(26(36)33(25(22)35)18-7-2-1-3-8-18)40-27-24(21)41-28(37)32(27)14-20(34)31-17-9-11-19(12-10-17)42(30,38)39/h1-13,21-23H,14H2,(H,31,34)(H2,30,38,39)/t21-,22-,23+/m0/s1. The van der Waals surface area contributed by atoms with E-state index >= 15 is 0 Å². The first-order valence-electron chi connectivity index (χ1n) is 12.5. The summed E-state index contributed by atoms with van der Waals surface area (Å²) >= 11 is 5.58. The lowest BCUT2D eigenvalue weighted by molar-refractivity contribution is -0.122. The van der Waals surface area contributed by atoms with Crippen LogP contribution in [-0.2, 0) is 31.0 Å². The minimum Gasteiger partial charge on any atom is -0.325 e. The van der Waals surface area contributed by atoms with Gasteiger partial charge in [0.2, 0.25) is 27.7 Å². The lowest BCUT2D eigenvalue weighted by Gasteiger charge is -2.30. The topological polar surface area (TPSA) is 149 Å². The number of primary sulfonamides is 1. The molecule has 10 nitrogen and oxygen atoms in total. The van der Waals surface area contributed by atoms with Gasteiger partial charge in [-0.3, -0.25) is 23.7 Å². The summed E-state index contributed by atoms with van der Waals surface area (Å²) in [6.45, 7) is -0.346. The van der Waals surface area contributed by atoms with E-state index in [1.54, 1.807) is 30.3 Å². The molecule has 1 saturated heterocycles. The predicted octanol–water partition coefficient (Wildman–Crippen LogP) is 3.75. The Morgan fingerprint density at radius 2 is 1.67 bits per heavy atom. The van der Waals surface area contributed by atoms with Crippen molar-refractivity contribution in [2.24, 2.45) is 11.1 Å². The highest BCUT2D eigenvalue weighted by Crippen LogP contribution is 2.54. The summed E-state index contributed by atoms with van der Waals surface area (Å²) in [5.41, 5.74) is 1.56. The van der Waals surface area contributed by atoms with Gasteiger partial charge in [0.25, 0.3) is 0 Å². The van der Waals surface area contributed by atoms with Crippen molar-refractivity contribution < 1.29 is 22.8 Å². The van der Waals surface area contributed by atoms with Gasteiger partial charge in [-0.05, 0) is 54.1 Å². The predicted molar refractivity (Wildman–Crippen MR) is 163 cm³/mol. The van der Waals surface area contributed by atoms with Crippen LogP contribution in [0.2, 0.25) is 0 Å². The number of aromatic nitrogens is 1. The molecule has 3 aromatic carbocycles. The number of carbonyl (C=O) groups is 3. The number of imide groups is 1. The number of nitrogens with two attached hydrogens (primary N) is 1. The molecule has 0 bridgehead atoms. The lowest BCUT2D eigenvalue weighted by Crippen LogP contribution is -2.33. The van der Waals surface area contributed by atoms with Gasteiger partial charge in [0, 0.05) is 21.0 Å². The third-order valence-corrected chi connectivity index (χ3v) is 11.1. The zero-order valence-corrected chi connectivity index (χ0v) is 25.5. The third-order valence-electron chi connectivity index (χ3n) is 7.04. The van der Waals surface area contributed by atoms with Crippen LogP contribution in [-0.4, -0.2) is 36.0 Å². The molecule has 1 aromatic heterocycles. The Labute approximate surface area is 256 Å². The molecule has 4 aromatic rings. The van der Waals surface area contributed by atoms with Crippen LogP contribution in [0.15, 0.2) is 98.1 Å². The van der Waals surface area contributed by atoms with Gasteiger partial charge in [-0.1, -0.05) is 69.4 Å². The van der Waals surface area contributed by atoms with E-state index in [0.29, 0.717) is 21.3 Å². The first-order valence-corrected chi connectivity index (χ1v) is 16.6. The second-order valence-corrected chi connectivity index (χ2v) is 14.3. The zero-order valence-electron chi connectivity index (χ0n) is 21.5. The third kappa shape index (κ3) is 5.13. The van der Waals surface area contributed by atoms with Crippen LogP contribution in [0.3, 0.4) is 0 Å². The van der Waals surface area contributed by atoms with Crippen LogP contribution in [0, 0.1) is 5.92 Å². The number of amides is 3. The Morgan fingerprint density at radius 1 is 0.952 bits per heavy atom. The summed E-state index contributed by atoms with van der Waals surface area (Å²) in [4.78, 5) is 55.3. The number of nitrogens with one attached hydrogen (secondary N) is 1. The fourth-order valence-corrected chi connectivity index (χ4v) is 8.92. The highest BCUT2D eigenvalue weighted by atomic mass is 79.9. The van der Waals surface area contributed by atoms with Crippen LogP contribution in [0.4, 0.5) is 11.4 Å². The van der Waals surface area contributed by atoms with Crippen molar-refractivity contribution >= 4 is 78.1 Å². The van der Waals surface area contributed by atoms with E-state index < -0.39 is 37.9 Å². The molecule has 0 saturated carbocycles. The minimum atomic E-state index is -3.89. The number of nitrogens with zero attached hydrogens (tertiary/aromatic N) is 2. The molecule has 214 valence electrons. The normalized spacial score (nSPS) is 19.9. The first-order chi connectivity index (χ1) is 20.0. The zero-order chi connectivity index (χ0) is 29.8. The highest BCUT2D eigenvalue weighted by molar-refractivity contribution is 9.10. The highest BCUT2D eigenvalue weighted by Gasteiger charge is 2.56. The minimum absolute atomic E-state index is 0.103. The average Bonchev–Trinajstić information content (AvgIpc) is 3.39. The van der Waals surface area contributed by atoms with Crippen molar-refractivity contribution in [2.75, 3.05) is 10.2 Å². The summed E-state index contributed by atoms with van der Waals surface area (Å²) in [6, 6.07) is 21.5. The van der Waals surface area contributed by atoms with E-state index in [2.05, 4.69) is 21.2 Å². The van der Waals surface area contributed by atoms with Crippen molar-refractivity contribution in [3.05, 3.63) is 103 Å². The molecular weight excluding hydrogens is 664 g/mol. The molecule has 3 N–H and O–H groups in total. The SMILES string of the molecule is NS(=O)(=O)c1ccc(NC(=O)Cn2c3c(sc2=O)[C@@H](c2cccc(Br)c2)[C@@H]2C(=O)N(c4ccccc4)C(=O)[C@@H]2S3)cc1. The number of para-hydroxylation sites is 1.